The van der Waals surface area contributed by atoms with Crippen LogP contribution in [0.1, 0.15) is 35.3 Å². The number of rotatable bonds is 6. The van der Waals surface area contributed by atoms with Crippen molar-refractivity contribution in [2.45, 2.75) is 13.8 Å². The number of carboxylic acids is 1. The Labute approximate surface area is 165 Å². The van der Waals surface area contributed by atoms with Gasteiger partial charge in [0.05, 0.1) is 5.56 Å². The Bertz CT molecular complexity index is 1060. The summed E-state index contributed by atoms with van der Waals surface area (Å²) in [7, 11) is 0. The topological polar surface area (TPSA) is 40.5 Å². The molecule has 0 saturated heterocycles. The fraction of sp³-hybridized carbons (Fsp3) is 0.160. The average Bonchev–Trinajstić information content (AvgIpc) is 2.72. The molecule has 3 nitrogen and oxygen atoms in total. The van der Waals surface area contributed by atoms with Gasteiger partial charge in [0.1, 0.15) is 0 Å². The summed E-state index contributed by atoms with van der Waals surface area (Å²) in [5.41, 5.74) is 4.06. The normalized spacial score (nSPS) is 10.5. The molecular formula is C25H25NO2. The maximum Gasteiger partial charge on any atom is 0.336 e. The largest absolute Gasteiger partial charge is 0.478 e. The summed E-state index contributed by atoms with van der Waals surface area (Å²) in [6, 6.07) is 23.4. The van der Waals surface area contributed by atoms with Crippen molar-refractivity contribution >= 4 is 23.8 Å². The molecule has 0 aliphatic heterocycles. The van der Waals surface area contributed by atoms with E-state index in [1.165, 1.54) is 0 Å². The molecule has 0 aliphatic rings. The van der Waals surface area contributed by atoms with Crippen molar-refractivity contribution < 1.29 is 9.90 Å². The van der Waals surface area contributed by atoms with Crippen LogP contribution >= 0.6 is 0 Å². The zero-order chi connectivity index (χ0) is 20.1. The molecule has 0 atom stereocenters. The highest BCUT2D eigenvalue weighted by atomic mass is 16.4. The van der Waals surface area contributed by atoms with E-state index < -0.39 is 5.97 Å². The zero-order valence-electron chi connectivity index (χ0n) is 16.4. The van der Waals surface area contributed by atoms with Gasteiger partial charge in [-0.1, -0.05) is 61.2 Å². The van der Waals surface area contributed by atoms with E-state index in [4.69, 9.17) is 0 Å². The molecule has 0 bridgehead atoms. The average molecular weight is 371 g/mol. The van der Waals surface area contributed by atoms with Gasteiger partial charge in [-0.3, -0.25) is 0 Å². The van der Waals surface area contributed by atoms with E-state index in [0.717, 1.165) is 40.4 Å². The molecule has 0 spiro atoms. The van der Waals surface area contributed by atoms with Gasteiger partial charge in [0.15, 0.2) is 0 Å². The molecule has 0 aliphatic carbocycles. The third kappa shape index (κ3) is 3.99. The van der Waals surface area contributed by atoms with Crippen LogP contribution in [-0.4, -0.2) is 24.2 Å². The summed E-state index contributed by atoms with van der Waals surface area (Å²) < 4.78 is 0. The highest BCUT2D eigenvalue weighted by Crippen LogP contribution is 2.26. The molecular weight excluding hydrogens is 346 g/mol. The summed E-state index contributed by atoms with van der Waals surface area (Å²) in [6.45, 7) is 10.1. The van der Waals surface area contributed by atoms with Crippen molar-refractivity contribution in [3.8, 4) is 0 Å². The van der Waals surface area contributed by atoms with Crippen molar-refractivity contribution in [3.05, 3.63) is 99.9 Å². The van der Waals surface area contributed by atoms with Crippen LogP contribution in [0.25, 0.3) is 12.2 Å². The molecule has 0 aromatic heterocycles. The zero-order valence-corrected chi connectivity index (χ0v) is 16.4. The van der Waals surface area contributed by atoms with Gasteiger partial charge >= 0.3 is 5.97 Å². The molecule has 28 heavy (non-hydrogen) atoms. The minimum absolute atomic E-state index is 0.295. The maximum atomic E-state index is 11.8. The molecule has 0 amide bonds. The Morgan fingerprint density at radius 1 is 0.857 bits per heavy atom. The lowest BCUT2D eigenvalue weighted by atomic mass is 9.91. The smallest absolute Gasteiger partial charge is 0.336 e. The molecule has 3 aromatic carbocycles. The van der Waals surface area contributed by atoms with Crippen LogP contribution in [-0.2, 0) is 0 Å². The van der Waals surface area contributed by atoms with E-state index in [-0.39, 0.29) is 0 Å². The lowest BCUT2D eigenvalue weighted by Gasteiger charge is -2.21. The SMILES string of the molecule is C=c1ccc(=C(c2ccc(N(CC)CC)cc2)c2ccccc2C(=O)O)cc1. The number of anilines is 1. The first-order chi connectivity index (χ1) is 13.5. The highest BCUT2D eigenvalue weighted by molar-refractivity contribution is 5.96. The van der Waals surface area contributed by atoms with Crippen molar-refractivity contribution in [2.24, 2.45) is 0 Å². The van der Waals surface area contributed by atoms with Crippen LogP contribution < -0.4 is 15.3 Å². The monoisotopic (exact) mass is 371 g/mol. The van der Waals surface area contributed by atoms with Gasteiger partial charge in [-0.05, 0) is 59.2 Å². The second-order valence-electron chi connectivity index (χ2n) is 6.64. The molecule has 3 aromatic rings. The standard InChI is InChI=1S/C25H25NO2/c1-4-26(5-2)21-16-14-20(15-17-21)24(19-12-10-18(3)11-13-19)22-8-6-7-9-23(22)25(27)28/h6-17H,3-5H2,1-2H3,(H,27,28). The highest BCUT2D eigenvalue weighted by Gasteiger charge is 2.15. The second-order valence-corrected chi connectivity index (χ2v) is 6.64. The number of hydrogen-bond acceptors (Lipinski definition) is 2. The van der Waals surface area contributed by atoms with Crippen LogP contribution in [0.15, 0.2) is 72.8 Å². The second kappa shape index (κ2) is 8.57. The van der Waals surface area contributed by atoms with Crippen molar-refractivity contribution in [2.75, 3.05) is 18.0 Å². The molecule has 0 heterocycles. The van der Waals surface area contributed by atoms with E-state index in [9.17, 15) is 9.90 Å². The number of nitrogens with zero attached hydrogens (tertiary/aromatic N) is 1. The van der Waals surface area contributed by atoms with Gasteiger partial charge in [-0.25, -0.2) is 4.79 Å². The Hall–Kier alpha value is -3.33. The van der Waals surface area contributed by atoms with E-state index in [1.807, 2.05) is 36.4 Å². The van der Waals surface area contributed by atoms with Gasteiger partial charge in [0, 0.05) is 18.8 Å². The molecule has 142 valence electrons. The van der Waals surface area contributed by atoms with E-state index in [0.29, 0.717) is 11.1 Å². The molecule has 3 rings (SSSR count). The van der Waals surface area contributed by atoms with Gasteiger partial charge in [0.2, 0.25) is 0 Å². The lowest BCUT2D eigenvalue weighted by Crippen LogP contribution is -2.21. The van der Waals surface area contributed by atoms with Crippen LogP contribution in [0.2, 0.25) is 0 Å². The molecule has 0 saturated carbocycles. The molecule has 0 fully saturated rings. The number of benzene rings is 3. The fourth-order valence-electron chi connectivity index (χ4n) is 3.46. The summed E-state index contributed by atoms with van der Waals surface area (Å²) in [5, 5.41) is 11.6. The number of carbonyl (C=O) groups is 1. The van der Waals surface area contributed by atoms with Crippen molar-refractivity contribution in [1.82, 2.24) is 0 Å². The first-order valence-electron chi connectivity index (χ1n) is 9.52. The van der Waals surface area contributed by atoms with Crippen LogP contribution in [0.5, 0.6) is 0 Å². The van der Waals surface area contributed by atoms with E-state index in [2.05, 4.69) is 49.6 Å². The van der Waals surface area contributed by atoms with Crippen LogP contribution in [0.3, 0.4) is 0 Å². The maximum absolute atomic E-state index is 11.8. The first kappa shape index (κ1) is 19.4. The van der Waals surface area contributed by atoms with Crippen LogP contribution in [0, 0.1) is 0 Å². The fourth-order valence-corrected chi connectivity index (χ4v) is 3.46. The number of aromatic carboxylic acids is 1. The third-order valence-corrected chi connectivity index (χ3v) is 4.95. The summed E-state index contributed by atoms with van der Waals surface area (Å²) >= 11 is 0. The van der Waals surface area contributed by atoms with Gasteiger partial charge in [0.25, 0.3) is 0 Å². The molecule has 3 heteroatoms. The predicted octanol–water partition coefficient (Wildman–Crippen LogP) is 3.89. The summed E-state index contributed by atoms with van der Waals surface area (Å²) in [6.07, 6.45) is 0. The van der Waals surface area contributed by atoms with E-state index >= 15 is 0 Å². The van der Waals surface area contributed by atoms with Crippen molar-refractivity contribution in [3.63, 3.8) is 0 Å². The Morgan fingerprint density at radius 3 is 1.96 bits per heavy atom. The minimum atomic E-state index is -0.929. The summed E-state index contributed by atoms with van der Waals surface area (Å²) in [5.74, 6) is -0.929. The quantitative estimate of drug-likeness (QED) is 0.715. The molecule has 0 unspecified atom stereocenters. The van der Waals surface area contributed by atoms with E-state index in [1.54, 1.807) is 12.1 Å². The van der Waals surface area contributed by atoms with Crippen LogP contribution in [0.4, 0.5) is 5.69 Å². The Kier molecular flexibility index (Phi) is 5.95. The Morgan fingerprint density at radius 2 is 1.43 bits per heavy atom. The molecule has 1 N–H and O–H groups in total. The minimum Gasteiger partial charge on any atom is -0.478 e. The lowest BCUT2D eigenvalue weighted by molar-refractivity contribution is 0.0696. The predicted molar refractivity (Wildman–Crippen MR) is 116 cm³/mol. The third-order valence-electron chi connectivity index (χ3n) is 4.95. The van der Waals surface area contributed by atoms with Gasteiger partial charge < -0.3 is 10.0 Å². The van der Waals surface area contributed by atoms with Gasteiger partial charge in [-0.15, -0.1) is 0 Å². The first-order valence-corrected chi connectivity index (χ1v) is 9.52. The molecule has 0 radical (unpaired) electrons. The number of carboxylic acid groups (broad SMARTS) is 1. The van der Waals surface area contributed by atoms with Gasteiger partial charge in [-0.2, -0.15) is 0 Å². The summed E-state index contributed by atoms with van der Waals surface area (Å²) in [4.78, 5) is 14.1. The van der Waals surface area contributed by atoms with Crippen molar-refractivity contribution in [1.29, 1.82) is 0 Å². The number of hydrogen-bond donors (Lipinski definition) is 1. The Balaban J connectivity index is 2.25.